The Labute approximate surface area is 803 Å². The fourth-order valence-electron chi connectivity index (χ4n) is 16.7. The summed E-state index contributed by atoms with van der Waals surface area (Å²) in [5.74, 6) is 4.47. The number of rotatable bonds is 22. The van der Waals surface area contributed by atoms with Crippen LogP contribution in [0.1, 0.15) is 166 Å². The van der Waals surface area contributed by atoms with Crippen molar-refractivity contribution in [2.45, 2.75) is 222 Å². The van der Waals surface area contributed by atoms with Crippen LogP contribution < -0.4 is 31.6 Å². The Bertz CT molecular complexity index is 7130. The molecule has 137 heavy (non-hydrogen) atoms. The molecule has 5 N–H and O–H groups in total. The van der Waals surface area contributed by atoms with Crippen LogP contribution in [0.15, 0.2) is 218 Å². The van der Waals surface area contributed by atoms with Crippen LogP contribution in [0.25, 0.3) is 112 Å². The van der Waals surface area contributed by atoms with E-state index in [0.29, 0.717) is 118 Å². The lowest BCUT2D eigenvalue weighted by atomic mass is 9.98. The summed E-state index contributed by atoms with van der Waals surface area (Å²) in [5, 5.41) is 23.5. The van der Waals surface area contributed by atoms with Gasteiger partial charge in [0, 0.05) is 131 Å². The number of likely N-dealkylation sites (tertiary alicyclic amines) is 1. The number of hydrogen-bond donors (Lipinski definition) is 4. The van der Waals surface area contributed by atoms with Crippen molar-refractivity contribution < 1.29 is 48.5 Å². The zero-order chi connectivity index (χ0) is 98.2. The fourth-order valence-corrected chi connectivity index (χ4v) is 20.2. The molecule has 3 fully saturated rings. The van der Waals surface area contributed by atoms with E-state index >= 15 is 0 Å². The van der Waals surface area contributed by atoms with Gasteiger partial charge >= 0.3 is 0 Å². The van der Waals surface area contributed by atoms with Gasteiger partial charge in [-0.15, -0.1) is 0 Å². The van der Waals surface area contributed by atoms with Gasteiger partial charge in [0.25, 0.3) is 5.56 Å². The lowest BCUT2D eigenvalue weighted by Crippen LogP contribution is -2.44. The van der Waals surface area contributed by atoms with Gasteiger partial charge in [0.05, 0.1) is 91.5 Å². The topological polar surface area (TPSA) is 370 Å². The summed E-state index contributed by atoms with van der Waals surface area (Å²) in [4.78, 5) is 48.0. The summed E-state index contributed by atoms with van der Waals surface area (Å²) in [6.07, 6.45) is 10.3. The van der Waals surface area contributed by atoms with Gasteiger partial charge in [0.2, 0.25) is 0 Å². The molecule has 720 valence electrons. The molecule has 29 nitrogen and oxygen atoms in total. The van der Waals surface area contributed by atoms with Crippen LogP contribution in [-0.4, -0.2) is 183 Å². The van der Waals surface area contributed by atoms with Crippen LogP contribution in [0.5, 0.6) is 11.5 Å². The molecule has 0 bridgehead atoms. The molecule has 1 atom stereocenters. The average molecular weight is 1910 g/mol. The number of aromatic nitrogens is 11. The van der Waals surface area contributed by atoms with E-state index in [2.05, 4.69) is 196 Å². The third kappa shape index (κ3) is 22.6. The van der Waals surface area contributed by atoms with E-state index in [0.717, 1.165) is 107 Å². The number of piperidine rings is 1. The molecule has 14 aromatic rings. The van der Waals surface area contributed by atoms with Crippen molar-refractivity contribution in [3.63, 3.8) is 0 Å². The molecule has 0 radical (unpaired) electrons. The number of fused-ring (bicyclic) bond motifs is 3. The number of anilines is 3. The number of ether oxygens (including phenoxy) is 3. The third-order valence-corrected chi connectivity index (χ3v) is 31.3. The number of benzene rings is 7. The normalized spacial score (nSPS) is 15.4. The van der Waals surface area contributed by atoms with E-state index in [-0.39, 0.29) is 49.4 Å². The number of morpholine rings is 1. The number of nitrogens with two attached hydrogens (primary N) is 1. The minimum atomic E-state index is -3.36. The maximum atomic E-state index is 12.7. The number of nitrogen functional groups attached to an aromatic ring is 1. The van der Waals surface area contributed by atoms with E-state index < -0.39 is 44.8 Å². The second-order valence-electron chi connectivity index (χ2n) is 40.3. The Morgan fingerprint density at radius 1 is 0.606 bits per heavy atom. The monoisotopic (exact) mass is 1910 g/mol. The predicted octanol–water partition coefficient (Wildman–Crippen LogP) is 19.6. The second kappa shape index (κ2) is 39.7. The minimum Gasteiger partial charge on any atom is -0.456 e. The zero-order valence-electron chi connectivity index (χ0n) is 81.8. The summed E-state index contributed by atoms with van der Waals surface area (Å²) in [7, 11) is -5.99. The van der Waals surface area contributed by atoms with Crippen molar-refractivity contribution in [2.75, 3.05) is 69.1 Å². The van der Waals surface area contributed by atoms with Gasteiger partial charge in [-0.2, -0.15) is 5.10 Å². The van der Waals surface area contributed by atoms with Gasteiger partial charge in [0.1, 0.15) is 39.1 Å². The molecule has 1 saturated carbocycles. The van der Waals surface area contributed by atoms with Crippen molar-refractivity contribution in [2.24, 2.45) is 0 Å². The molecule has 0 amide bonds. The van der Waals surface area contributed by atoms with Crippen molar-refractivity contribution >= 4 is 68.6 Å². The van der Waals surface area contributed by atoms with Crippen LogP contribution in [0.3, 0.4) is 0 Å². The first-order valence-electron chi connectivity index (χ1n) is 46.4. The number of sulfone groups is 3. The lowest BCUT2D eigenvalue weighted by Gasteiger charge is -2.35. The third-order valence-electron chi connectivity index (χ3n) is 24.9. The van der Waals surface area contributed by atoms with Gasteiger partial charge < -0.3 is 49.1 Å². The number of nitrogens with zero attached hydrogens (tertiary/aromatic N) is 13. The van der Waals surface area contributed by atoms with Crippen LogP contribution in [0, 0.1) is 0 Å². The maximum Gasteiger partial charge on any atom is 0.272 e. The van der Waals surface area contributed by atoms with E-state index in [1.807, 2.05) is 101 Å². The average Bonchev–Trinajstić information content (AvgIpc) is 1.44. The summed E-state index contributed by atoms with van der Waals surface area (Å²) < 4.78 is 106. The van der Waals surface area contributed by atoms with Crippen LogP contribution in [0.4, 0.5) is 17.5 Å². The lowest BCUT2D eigenvalue weighted by molar-refractivity contribution is -0.0827. The highest BCUT2D eigenvalue weighted by molar-refractivity contribution is 7.92. The van der Waals surface area contributed by atoms with Gasteiger partial charge in [-0.3, -0.25) is 14.6 Å². The largest absolute Gasteiger partial charge is 0.456 e. The van der Waals surface area contributed by atoms with Crippen LogP contribution >= 0.6 is 0 Å². The van der Waals surface area contributed by atoms with Crippen LogP contribution in [-0.2, 0) is 68.9 Å². The summed E-state index contributed by atoms with van der Waals surface area (Å²) in [5.41, 5.74) is 20.3. The van der Waals surface area contributed by atoms with Gasteiger partial charge in [0.15, 0.2) is 69.9 Å². The Kier molecular flexibility index (Phi) is 28.7. The predicted molar refractivity (Wildman–Crippen MR) is 542 cm³/mol. The van der Waals surface area contributed by atoms with E-state index in [1.165, 1.54) is 22.9 Å². The quantitative estimate of drug-likeness (QED) is 0.0489. The molecule has 32 heteroatoms. The molecular formula is C105H125N17O12S3. The van der Waals surface area contributed by atoms with E-state index in [9.17, 15) is 30.0 Å². The van der Waals surface area contributed by atoms with Crippen molar-refractivity contribution in [3.8, 4) is 102 Å². The first-order valence-corrected chi connectivity index (χ1v) is 51.4. The molecule has 3 aliphatic heterocycles. The highest BCUT2D eigenvalue weighted by Gasteiger charge is 2.55. The highest BCUT2D eigenvalue weighted by atomic mass is 32.2. The smallest absolute Gasteiger partial charge is 0.272 e. The second-order valence-corrected chi connectivity index (χ2v) is 47.6. The summed E-state index contributed by atoms with van der Waals surface area (Å²) >= 11 is 0. The molecule has 2 saturated heterocycles. The number of nitrogens with one attached hydrogen (secondary N) is 3. The first-order chi connectivity index (χ1) is 64.7. The molecule has 1 aliphatic carbocycles. The molecule has 18 rings (SSSR count). The van der Waals surface area contributed by atoms with E-state index in [4.69, 9.17) is 43.9 Å². The number of H-pyrrole nitrogens is 1. The van der Waals surface area contributed by atoms with Gasteiger partial charge in [-0.25, -0.2) is 60.3 Å². The number of aromatic amines is 1. The molecule has 7 aromatic carbocycles. The summed E-state index contributed by atoms with van der Waals surface area (Å²) in [6, 6.07) is 55.4. The van der Waals surface area contributed by atoms with Crippen molar-refractivity contribution in [3.05, 3.63) is 227 Å². The molecule has 0 unspecified atom stereocenters. The maximum absolute atomic E-state index is 12.7. The standard InChI is InChI=1S/2C28H33N5O3S.C25H32N4O3S.C24H27N3O3/c1-18(2)37(34,35)22-13-11-21(12-14-22)24-16-30-27(29)26(31-24)25-15-23(32-36-25)20-9-7-19(8-10-20)17-33(6)28(3,4)5;1-18(2)37(34,35)22-13-11-21(12-14-22)24-17-30-27(32-28(3,4)5)26(31-24)25-15-23(33-36-25)20-9-7-19(8-10-20)16-29-6;1-17-16-32-14-13-28(17)22-15-21(25(10-11-25)33(5,30)31)26-23(27-22)19-7-6-8-20-18(19)9-12-29(20)24(2,3)4;1-24(2,3)30-16-9-11-27(12-10-16)14-15-7-8-19-18(13-15)22-21-17(23(28)26-25-22)5-4-6-20(21)29-19/h7-16,18H,17H2,1-6H3,(H2,29,30);7-15,17-18,29H,16H2,1-6H3,(H,30,32);6-9,12,15,17H,10-11,13-14,16H2,1-5H3;4-8,13,16H,9-12,14H2,1-3H3,(H,26,28)/t;;17-;/m..1./s1. The zero-order valence-corrected chi connectivity index (χ0v) is 84.2. The van der Waals surface area contributed by atoms with Crippen molar-refractivity contribution in [1.29, 1.82) is 0 Å². The molecule has 0 spiro atoms. The van der Waals surface area contributed by atoms with E-state index in [1.54, 1.807) is 94.7 Å². The fraction of sp³-hybridized carbons (Fsp3) is 0.390. The first kappa shape index (κ1) is 99.2. The van der Waals surface area contributed by atoms with Gasteiger partial charge in [-0.05, 0) is 235 Å². The Balaban J connectivity index is 0.000000139. The molecule has 4 aliphatic rings. The molecule has 7 aromatic heterocycles. The van der Waals surface area contributed by atoms with Crippen molar-refractivity contribution in [1.82, 2.24) is 70.1 Å². The van der Waals surface area contributed by atoms with Gasteiger partial charge in [-0.1, -0.05) is 107 Å². The molecular weight excluding hydrogens is 1790 g/mol. The Morgan fingerprint density at radius 2 is 1.17 bits per heavy atom. The van der Waals surface area contributed by atoms with Crippen LogP contribution in [0.2, 0.25) is 0 Å². The summed E-state index contributed by atoms with van der Waals surface area (Å²) in [6.45, 7) is 40.9. The SMILES string of the molecule is CC(C)(C)OC1CCN(Cc2ccc3c(c2)-c2n[nH]c(=O)c4cccc(c24)O3)CC1.CC(C)S(=O)(=O)c1ccc(-c2cnc(N)c(-c3cc(-c4ccc(CN(C)C(C)(C)C)cc4)no3)n2)cc1.CNCc1ccc(-c2cc(-c3nc(-c4ccc(S(=O)(=O)C(C)C)cc4)cnc3NC(C)(C)C)on2)cc1.C[C@@H]1COCCN1c1cc(C2(S(C)(=O)=O)CC2)nc(-c2cccc3c2ccn3C(C)(C)C)n1. The minimum absolute atomic E-state index is 0.0637. The molecule has 10 heterocycles. The number of hydrogen-bond acceptors (Lipinski definition) is 27. The Morgan fingerprint density at radius 3 is 1.72 bits per heavy atom. The highest BCUT2D eigenvalue weighted by Crippen LogP contribution is 2.53. The Hall–Kier alpha value is -12.3.